The number of hydrogen-bond acceptors (Lipinski definition) is 3. The van der Waals surface area contributed by atoms with Gasteiger partial charge >= 0.3 is 0 Å². The van der Waals surface area contributed by atoms with E-state index < -0.39 is 0 Å². The maximum atomic E-state index is 12.8. The van der Waals surface area contributed by atoms with Crippen LogP contribution in [0.5, 0.6) is 0 Å². The molecule has 0 spiro atoms. The van der Waals surface area contributed by atoms with Crippen LogP contribution in [0.2, 0.25) is 0 Å². The Morgan fingerprint density at radius 1 is 1.25 bits per heavy atom. The van der Waals surface area contributed by atoms with Gasteiger partial charge in [0, 0.05) is 26.1 Å². The summed E-state index contributed by atoms with van der Waals surface area (Å²) in [6.45, 7) is 1.77. The number of hydrogen-bond donors (Lipinski definition) is 2. The highest BCUT2D eigenvalue weighted by Crippen LogP contribution is 2.35. The van der Waals surface area contributed by atoms with Crippen molar-refractivity contribution in [2.24, 2.45) is 7.05 Å². The van der Waals surface area contributed by atoms with Crippen LogP contribution in [0.4, 0.5) is 0 Å². The quantitative estimate of drug-likeness (QED) is 0.725. The van der Waals surface area contributed by atoms with E-state index in [1.165, 1.54) is 15.8 Å². The molecule has 4 rings (SSSR count). The van der Waals surface area contributed by atoms with Crippen LogP contribution in [-0.2, 0) is 24.7 Å². The molecule has 0 radical (unpaired) electrons. The number of H-pyrrole nitrogens is 2. The summed E-state index contributed by atoms with van der Waals surface area (Å²) in [4.78, 5) is 42.0. The Hall–Kier alpha value is -3.09. The summed E-state index contributed by atoms with van der Waals surface area (Å²) in [5.74, 6) is 0.00238. The lowest BCUT2D eigenvalue weighted by molar-refractivity contribution is -0.132. The van der Waals surface area contributed by atoms with Crippen molar-refractivity contribution in [1.29, 1.82) is 0 Å². The molecule has 7 heteroatoms. The molecule has 1 aliphatic carbocycles. The smallest absolute Gasteiger partial charge is 0.273 e. The predicted molar refractivity (Wildman–Crippen MR) is 107 cm³/mol. The number of nitrogens with zero attached hydrogens (tertiary/aromatic N) is 2. The highest BCUT2D eigenvalue weighted by atomic mass is 16.2. The van der Waals surface area contributed by atoms with E-state index in [-0.39, 0.29) is 29.5 Å². The molecule has 2 heterocycles. The topological polar surface area (TPSA) is 91.0 Å². The molecule has 2 aromatic heterocycles. The third-order valence-corrected chi connectivity index (χ3v) is 5.95. The second-order valence-corrected chi connectivity index (χ2v) is 7.54. The number of fused-ring (bicyclic) bond motifs is 2. The lowest BCUT2D eigenvalue weighted by atomic mass is 10.0. The van der Waals surface area contributed by atoms with E-state index in [1.54, 1.807) is 18.9 Å². The van der Waals surface area contributed by atoms with Crippen molar-refractivity contribution < 1.29 is 4.79 Å². The maximum Gasteiger partial charge on any atom is 0.273 e. The Balaban J connectivity index is 1.55. The summed E-state index contributed by atoms with van der Waals surface area (Å²) in [6.07, 6.45) is 2.44. The molecule has 3 aromatic rings. The number of nitrogens with one attached hydrogen (secondary N) is 2. The third-order valence-electron chi connectivity index (χ3n) is 5.95. The fraction of sp³-hybridized carbons (Fsp3) is 0.381. The minimum absolute atomic E-state index is 0.00238. The van der Waals surface area contributed by atoms with Gasteiger partial charge in [-0.15, -0.1) is 0 Å². The van der Waals surface area contributed by atoms with Crippen LogP contribution in [0.3, 0.4) is 0 Å². The molecule has 1 aromatic carbocycles. The molecule has 0 fully saturated rings. The molecule has 0 saturated carbocycles. The van der Waals surface area contributed by atoms with Crippen molar-refractivity contribution in [2.45, 2.75) is 38.6 Å². The average Bonchev–Trinajstić information content (AvgIpc) is 3.21. The number of amides is 1. The fourth-order valence-corrected chi connectivity index (χ4v) is 4.36. The van der Waals surface area contributed by atoms with Crippen LogP contribution in [-0.4, -0.2) is 32.6 Å². The molecule has 146 valence electrons. The summed E-state index contributed by atoms with van der Waals surface area (Å²) in [5.41, 5.74) is 3.64. The minimum atomic E-state index is -0.249. The van der Waals surface area contributed by atoms with Crippen LogP contribution in [0.1, 0.15) is 41.1 Å². The molecule has 7 nitrogen and oxygen atoms in total. The van der Waals surface area contributed by atoms with E-state index in [0.29, 0.717) is 28.6 Å². The highest BCUT2D eigenvalue weighted by molar-refractivity contribution is 5.80. The standard InChI is InChI=1S/C21H24N4O3/c1-12-14(20(27)22-19-18(12)21(28)23-25(19)3)9-11-17(26)24(2)16-10-8-13-6-4-5-7-15(13)16/h4-7,16H,8-11H2,1-3H3,(H,22,27)(H,23,28)/t16-/m1/s1. The van der Waals surface area contributed by atoms with Gasteiger partial charge in [-0.05, 0) is 42.9 Å². The van der Waals surface area contributed by atoms with E-state index in [2.05, 4.69) is 22.2 Å². The molecule has 0 saturated heterocycles. The van der Waals surface area contributed by atoms with E-state index in [1.807, 2.05) is 19.2 Å². The Morgan fingerprint density at radius 3 is 2.79 bits per heavy atom. The number of aromatic nitrogens is 3. The normalized spacial score (nSPS) is 15.8. The fourth-order valence-electron chi connectivity index (χ4n) is 4.36. The monoisotopic (exact) mass is 380 g/mol. The molecule has 1 amide bonds. The Kier molecular flexibility index (Phi) is 4.45. The van der Waals surface area contributed by atoms with Gasteiger partial charge in [0.15, 0.2) is 0 Å². The molecular weight excluding hydrogens is 356 g/mol. The first-order valence-corrected chi connectivity index (χ1v) is 9.52. The minimum Gasteiger partial charge on any atom is -0.339 e. The first-order chi connectivity index (χ1) is 13.4. The van der Waals surface area contributed by atoms with Crippen LogP contribution in [0.25, 0.3) is 11.0 Å². The second kappa shape index (κ2) is 6.82. The molecule has 0 aliphatic heterocycles. The van der Waals surface area contributed by atoms with Gasteiger partial charge in [0.25, 0.3) is 11.1 Å². The summed E-state index contributed by atoms with van der Waals surface area (Å²) in [7, 11) is 3.51. The molecule has 0 unspecified atom stereocenters. The molecule has 1 aliphatic rings. The van der Waals surface area contributed by atoms with Gasteiger partial charge in [0.05, 0.1) is 11.4 Å². The molecule has 2 N–H and O–H groups in total. The van der Waals surface area contributed by atoms with Crippen LogP contribution in [0.15, 0.2) is 33.9 Å². The number of aromatic amines is 2. The van der Waals surface area contributed by atoms with Gasteiger partial charge in [-0.1, -0.05) is 24.3 Å². The van der Waals surface area contributed by atoms with Gasteiger partial charge in [0.2, 0.25) is 5.91 Å². The van der Waals surface area contributed by atoms with Crippen LogP contribution in [0, 0.1) is 6.92 Å². The first kappa shape index (κ1) is 18.3. The van der Waals surface area contributed by atoms with Gasteiger partial charge < -0.3 is 9.88 Å². The largest absolute Gasteiger partial charge is 0.339 e. The zero-order chi connectivity index (χ0) is 20.0. The lowest BCUT2D eigenvalue weighted by Crippen LogP contribution is -2.31. The van der Waals surface area contributed by atoms with Crippen molar-refractivity contribution in [3.63, 3.8) is 0 Å². The number of aryl methyl sites for hydroxylation is 3. The van der Waals surface area contributed by atoms with E-state index >= 15 is 0 Å². The van der Waals surface area contributed by atoms with E-state index in [9.17, 15) is 14.4 Å². The van der Waals surface area contributed by atoms with Crippen molar-refractivity contribution in [1.82, 2.24) is 19.7 Å². The zero-order valence-corrected chi connectivity index (χ0v) is 16.3. The van der Waals surface area contributed by atoms with Gasteiger partial charge in [-0.3, -0.25) is 24.2 Å². The van der Waals surface area contributed by atoms with E-state index in [0.717, 1.165) is 12.8 Å². The number of pyridine rings is 1. The summed E-state index contributed by atoms with van der Waals surface area (Å²) < 4.78 is 1.51. The highest BCUT2D eigenvalue weighted by Gasteiger charge is 2.28. The molecule has 0 bridgehead atoms. The van der Waals surface area contributed by atoms with Crippen molar-refractivity contribution in [3.8, 4) is 0 Å². The average molecular weight is 380 g/mol. The van der Waals surface area contributed by atoms with Crippen molar-refractivity contribution in [2.75, 3.05) is 7.05 Å². The lowest BCUT2D eigenvalue weighted by Gasteiger charge is -2.25. The van der Waals surface area contributed by atoms with Crippen molar-refractivity contribution >= 4 is 16.9 Å². The van der Waals surface area contributed by atoms with Crippen LogP contribution >= 0.6 is 0 Å². The summed E-state index contributed by atoms with van der Waals surface area (Å²) in [6, 6.07) is 8.32. The Labute approximate surface area is 162 Å². The summed E-state index contributed by atoms with van der Waals surface area (Å²) in [5, 5.41) is 3.13. The van der Waals surface area contributed by atoms with Crippen LogP contribution < -0.4 is 11.1 Å². The first-order valence-electron chi connectivity index (χ1n) is 9.52. The number of carbonyl (C=O) groups excluding carboxylic acids is 1. The number of carbonyl (C=O) groups is 1. The van der Waals surface area contributed by atoms with E-state index in [4.69, 9.17) is 0 Å². The number of rotatable bonds is 4. The van der Waals surface area contributed by atoms with Gasteiger partial charge in [0.1, 0.15) is 5.65 Å². The zero-order valence-electron chi connectivity index (χ0n) is 16.3. The number of benzene rings is 1. The maximum absolute atomic E-state index is 12.8. The predicted octanol–water partition coefficient (Wildman–Crippen LogP) is 1.94. The SMILES string of the molecule is Cc1c(CCC(=O)N(C)[C@@H]2CCc3ccccc32)c(=O)[nH]c2c1c(=O)[nH]n2C. The van der Waals surface area contributed by atoms with Crippen molar-refractivity contribution in [3.05, 3.63) is 67.2 Å². The van der Waals surface area contributed by atoms with Gasteiger partial charge in [-0.25, -0.2) is 0 Å². The molecular formula is C21H24N4O3. The molecule has 28 heavy (non-hydrogen) atoms. The van der Waals surface area contributed by atoms with Gasteiger partial charge in [-0.2, -0.15) is 0 Å². The Bertz CT molecular complexity index is 1180. The summed E-state index contributed by atoms with van der Waals surface area (Å²) >= 11 is 0. The third kappa shape index (κ3) is 2.87. The second-order valence-electron chi connectivity index (χ2n) is 7.54. The molecule has 1 atom stereocenters. The Morgan fingerprint density at radius 2 is 2.00 bits per heavy atom.